The van der Waals surface area contributed by atoms with Crippen LogP contribution in [-0.4, -0.2) is 31.4 Å². The molecule has 3 aromatic rings. The minimum Gasteiger partial charge on any atom is -0.325 e. The van der Waals surface area contributed by atoms with Crippen molar-refractivity contribution in [3.63, 3.8) is 0 Å². The van der Waals surface area contributed by atoms with Gasteiger partial charge in [0, 0.05) is 10.7 Å². The van der Waals surface area contributed by atoms with Crippen LogP contribution in [0.5, 0.6) is 0 Å². The maximum absolute atomic E-state index is 12.6. The normalized spacial score (nSPS) is 16.8. The first-order valence-corrected chi connectivity index (χ1v) is 9.06. The van der Waals surface area contributed by atoms with Crippen LogP contribution in [0.1, 0.15) is 12.0 Å². The second-order valence-corrected chi connectivity index (χ2v) is 7.25. The van der Waals surface area contributed by atoms with E-state index in [0.717, 1.165) is 29.8 Å². The van der Waals surface area contributed by atoms with Gasteiger partial charge in [-0.3, -0.25) is 4.79 Å². The van der Waals surface area contributed by atoms with Crippen molar-refractivity contribution < 1.29 is 4.79 Å². The summed E-state index contributed by atoms with van der Waals surface area (Å²) in [5.74, 6) is -0.0272. The number of carbonyl (C=O) groups is 1. The van der Waals surface area contributed by atoms with Crippen LogP contribution in [-0.2, 0) is 11.2 Å². The first kappa shape index (κ1) is 16.1. The number of amides is 1. The van der Waals surface area contributed by atoms with Crippen LogP contribution in [0.4, 0.5) is 5.69 Å². The fraction of sp³-hybridized carbons (Fsp3) is 0.176. The van der Waals surface area contributed by atoms with Gasteiger partial charge in [0.15, 0.2) is 0 Å². The largest absolute Gasteiger partial charge is 0.325 e. The summed E-state index contributed by atoms with van der Waals surface area (Å²) < 4.78 is 1.62. The summed E-state index contributed by atoms with van der Waals surface area (Å²) in [7, 11) is 0. The number of hydrogen-bond acceptors (Lipinski definition) is 5. The minimum atomic E-state index is -0.260. The van der Waals surface area contributed by atoms with Gasteiger partial charge in [0.05, 0.1) is 10.9 Å². The smallest absolute Gasteiger partial charge is 0.237 e. The Labute approximate surface area is 153 Å². The highest BCUT2D eigenvalue weighted by Crippen LogP contribution is 2.31. The van der Waals surface area contributed by atoms with Crippen molar-refractivity contribution in [1.29, 1.82) is 0 Å². The number of halogens is 1. The Morgan fingerprint density at radius 1 is 1.16 bits per heavy atom. The second kappa shape index (κ2) is 6.85. The summed E-state index contributed by atoms with van der Waals surface area (Å²) >= 11 is 7.30. The summed E-state index contributed by atoms with van der Waals surface area (Å²) in [6.45, 7) is 0. The second-order valence-electron chi connectivity index (χ2n) is 5.64. The topological polar surface area (TPSA) is 72.7 Å². The van der Waals surface area contributed by atoms with Gasteiger partial charge < -0.3 is 5.32 Å². The summed E-state index contributed by atoms with van der Waals surface area (Å²) in [6.07, 6.45) is 1.55. The fourth-order valence-corrected chi connectivity index (χ4v) is 3.84. The van der Waals surface area contributed by atoms with E-state index in [1.807, 2.05) is 36.4 Å². The third kappa shape index (κ3) is 3.38. The van der Waals surface area contributed by atoms with Crippen molar-refractivity contribution in [2.45, 2.75) is 23.2 Å². The number of thioether (sulfide) groups is 1. The predicted molar refractivity (Wildman–Crippen MR) is 97.2 cm³/mol. The Bertz CT molecular complexity index is 911. The molecule has 1 N–H and O–H groups in total. The van der Waals surface area contributed by atoms with Gasteiger partial charge in [0.1, 0.15) is 0 Å². The summed E-state index contributed by atoms with van der Waals surface area (Å²) in [6, 6.07) is 15.1. The first-order valence-electron chi connectivity index (χ1n) is 7.80. The van der Waals surface area contributed by atoms with Crippen molar-refractivity contribution in [3.8, 4) is 5.69 Å². The average molecular weight is 372 g/mol. The zero-order valence-corrected chi connectivity index (χ0v) is 14.7. The lowest BCUT2D eigenvalue weighted by atomic mass is 10.1. The number of hydrogen-bond donors (Lipinski definition) is 1. The van der Waals surface area contributed by atoms with Crippen LogP contribution >= 0.6 is 23.4 Å². The standard InChI is InChI=1S/C17H14ClN5OS/c18-12-6-8-13(9-7-12)23-17(20-21-22-23)25-15-10-5-11-3-1-2-4-14(11)19-16(15)24/h1-4,6-9,15H,5,10H2,(H,19,24). The minimum absolute atomic E-state index is 0.0272. The van der Waals surface area contributed by atoms with E-state index in [9.17, 15) is 4.79 Å². The van der Waals surface area contributed by atoms with Gasteiger partial charge in [-0.1, -0.05) is 41.6 Å². The molecular weight excluding hydrogens is 358 g/mol. The molecule has 0 spiro atoms. The van der Waals surface area contributed by atoms with E-state index < -0.39 is 0 Å². The molecule has 1 atom stereocenters. The molecule has 8 heteroatoms. The van der Waals surface area contributed by atoms with E-state index in [0.29, 0.717) is 10.2 Å². The van der Waals surface area contributed by atoms with Crippen molar-refractivity contribution >= 4 is 35.0 Å². The quantitative estimate of drug-likeness (QED) is 0.764. The van der Waals surface area contributed by atoms with Crippen molar-refractivity contribution in [2.24, 2.45) is 0 Å². The number of nitrogens with one attached hydrogen (secondary N) is 1. The third-order valence-electron chi connectivity index (χ3n) is 4.00. The lowest BCUT2D eigenvalue weighted by molar-refractivity contribution is -0.115. The van der Waals surface area contributed by atoms with Crippen LogP contribution in [0.15, 0.2) is 53.7 Å². The molecule has 1 aliphatic rings. The molecule has 0 radical (unpaired) electrons. The van der Waals surface area contributed by atoms with Crippen LogP contribution < -0.4 is 5.32 Å². The first-order chi connectivity index (χ1) is 12.2. The summed E-state index contributed by atoms with van der Waals surface area (Å²) in [5, 5.41) is 15.8. The molecule has 1 aromatic heterocycles. The average Bonchev–Trinajstić information content (AvgIpc) is 3.02. The highest BCUT2D eigenvalue weighted by atomic mass is 35.5. The van der Waals surface area contributed by atoms with Gasteiger partial charge in [-0.15, -0.1) is 5.10 Å². The predicted octanol–water partition coefficient (Wildman–Crippen LogP) is 3.36. The molecule has 2 heterocycles. The zero-order chi connectivity index (χ0) is 17.2. The number of para-hydroxylation sites is 1. The maximum Gasteiger partial charge on any atom is 0.237 e. The molecule has 0 bridgehead atoms. The summed E-state index contributed by atoms with van der Waals surface area (Å²) in [5.41, 5.74) is 2.83. The molecule has 126 valence electrons. The molecule has 6 nitrogen and oxygen atoms in total. The molecule has 2 aromatic carbocycles. The number of nitrogens with zero attached hydrogens (tertiary/aromatic N) is 4. The number of fused-ring (bicyclic) bond motifs is 1. The van der Waals surface area contributed by atoms with Gasteiger partial charge in [-0.25, -0.2) is 0 Å². The number of aromatic nitrogens is 4. The molecule has 1 aliphatic heterocycles. The summed E-state index contributed by atoms with van der Waals surface area (Å²) in [4.78, 5) is 12.6. The van der Waals surface area contributed by atoms with Crippen LogP contribution in [0.2, 0.25) is 5.02 Å². The lowest BCUT2D eigenvalue weighted by Crippen LogP contribution is -2.24. The molecular formula is C17H14ClN5OS. The molecule has 1 amide bonds. The van der Waals surface area contributed by atoms with Crippen molar-refractivity contribution in [2.75, 3.05) is 5.32 Å². The molecule has 1 unspecified atom stereocenters. The van der Waals surface area contributed by atoms with Crippen molar-refractivity contribution in [1.82, 2.24) is 20.2 Å². The van der Waals surface area contributed by atoms with Crippen LogP contribution in [0.25, 0.3) is 5.69 Å². The molecule has 25 heavy (non-hydrogen) atoms. The highest BCUT2D eigenvalue weighted by molar-refractivity contribution is 8.00. The van der Waals surface area contributed by atoms with Gasteiger partial charge in [0.25, 0.3) is 0 Å². The Balaban J connectivity index is 1.56. The monoisotopic (exact) mass is 371 g/mol. The Morgan fingerprint density at radius 2 is 1.96 bits per heavy atom. The van der Waals surface area contributed by atoms with E-state index in [1.54, 1.807) is 16.8 Å². The maximum atomic E-state index is 12.6. The number of tetrazole rings is 1. The van der Waals surface area contributed by atoms with E-state index in [4.69, 9.17) is 11.6 Å². The van der Waals surface area contributed by atoms with Crippen molar-refractivity contribution in [3.05, 3.63) is 59.1 Å². The van der Waals surface area contributed by atoms with E-state index in [1.165, 1.54) is 11.8 Å². The fourth-order valence-electron chi connectivity index (χ4n) is 2.73. The SMILES string of the molecule is O=C1Nc2ccccc2CCC1Sc1nnnn1-c1ccc(Cl)cc1. The molecule has 0 saturated carbocycles. The Hall–Kier alpha value is -2.38. The number of benzene rings is 2. The van der Waals surface area contributed by atoms with Crippen LogP contribution in [0, 0.1) is 0 Å². The number of aryl methyl sites for hydroxylation is 1. The molecule has 0 aliphatic carbocycles. The molecule has 0 fully saturated rings. The van der Waals surface area contributed by atoms with Gasteiger partial charge >= 0.3 is 0 Å². The van der Waals surface area contributed by atoms with Crippen LogP contribution in [0.3, 0.4) is 0 Å². The van der Waals surface area contributed by atoms with E-state index in [2.05, 4.69) is 20.8 Å². The van der Waals surface area contributed by atoms with Gasteiger partial charge in [0.2, 0.25) is 11.1 Å². The van der Waals surface area contributed by atoms with Gasteiger partial charge in [-0.05, 0) is 59.2 Å². The third-order valence-corrected chi connectivity index (χ3v) is 5.45. The van der Waals surface area contributed by atoms with Gasteiger partial charge in [-0.2, -0.15) is 4.68 Å². The Kier molecular flexibility index (Phi) is 4.42. The number of anilines is 1. The number of rotatable bonds is 3. The highest BCUT2D eigenvalue weighted by Gasteiger charge is 2.26. The Morgan fingerprint density at radius 3 is 2.80 bits per heavy atom. The number of carbonyl (C=O) groups excluding carboxylic acids is 1. The van der Waals surface area contributed by atoms with E-state index in [-0.39, 0.29) is 11.2 Å². The molecule has 4 rings (SSSR count). The molecule has 0 saturated heterocycles. The lowest BCUT2D eigenvalue weighted by Gasteiger charge is -2.12. The van der Waals surface area contributed by atoms with E-state index >= 15 is 0 Å². The zero-order valence-electron chi connectivity index (χ0n) is 13.1.